The number of aliphatic hydroxyl groups is 2. The SMILES string of the molecule is CC(C)c1ccc(S(=O)(=O)NC2c3cc(NC(O)/C=C/c4ccccc4)ccc3CC[C@H]2O)cc1. The second-order valence-corrected chi connectivity index (χ2v) is 10.9. The molecule has 0 spiro atoms. The van der Waals surface area contributed by atoms with Crippen LogP contribution in [0.25, 0.3) is 6.08 Å². The van der Waals surface area contributed by atoms with Gasteiger partial charge in [-0.3, -0.25) is 0 Å². The molecule has 35 heavy (non-hydrogen) atoms. The number of hydrogen-bond donors (Lipinski definition) is 4. The molecule has 0 bridgehead atoms. The highest BCUT2D eigenvalue weighted by molar-refractivity contribution is 7.89. The van der Waals surface area contributed by atoms with Gasteiger partial charge in [-0.15, -0.1) is 0 Å². The Morgan fingerprint density at radius 1 is 1.00 bits per heavy atom. The third kappa shape index (κ3) is 6.18. The zero-order valence-electron chi connectivity index (χ0n) is 19.9. The largest absolute Gasteiger partial charge is 0.391 e. The summed E-state index contributed by atoms with van der Waals surface area (Å²) in [7, 11) is -3.84. The van der Waals surface area contributed by atoms with Crippen LogP contribution in [-0.2, 0) is 16.4 Å². The fourth-order valence-electron chi connectivity index (χ4n) is 4.27. The number of aliphatic hydroxyl groups excluding tert-OH is 2. The Labute approximate surface area is 207 Å². The van der Waals surface area contributed by atoms with Crippen LogP contribution in [0.1, 0.15) is 54.5 Å². The van der Waals surface area contributed by atoms with E-state index in [1.165, 1.54) is 0 Å². The minimum atomic E-state index is -3.84. The average Bonchev–Trinajstić information content (AvgIpc) is 2.85. The second kappa shape index (κ2) is 10.7. The number of sulfonamides is 1. The molecule has 0 radical (unpaired) electrons. The Morgan fingerprint density at radius 2 is 1.71 bits per heavy atom. The Hall–Kier alpha value is -2.97. The summed E-state index contributed by atoms with van der Waals surface area (Å²) in [5, 5.41) is 24.2. The molecule has 3 atom stereocenters. The van der Waals surface area contributed by atoms with Crippen LogP contribution in [-0.4, -0.2) is 31.0 Å². The molecule has 0 amide bonds. The Bertz CT molecular complexity index is 1270. The van der Waals surface area contributed by atoms with E-state index in [-0.39, 0.29) is 4.90 Å². The minimum absolute atomic E-state index is 0.164. The summed E-state index contributed by atoms with van der Waals surface area (Å²) in [6.07, 6.45) is 2.78. The van der Waals surface area contributed by atoms with Crippen LogP contribution < -0.4 is 10.0 Å². The molecule has 0 fully saturated rings. The van der Waals surface area contributed by atoms with Gasteiger partial charge in [0.1, 0.15) is 6.23 Å². The lowest BCUT2D eigenvalue weighted by Gasteiger charge is -2.31. The number of anilines is 1. The number of aryl methyl sites for hydroxylation is 1. The van der Waals surface area contributed by atoms with Gasteiger partial charge in [-0.1, -0.05) is 68.5 Å². The molecule has 3 aromatic rings. The van der Waals surface area contributed by atoms with Gasteiger partial charge in [0.05, 0.1) is 17.0 Å². The van der Waals surface area contributed by atoms with E-state index in [2.05, 4.69) is 23.9 Å². The van der Waals surface area contributed by atoms with Gasteiger partial charge in [0.2, 0.25) is 10.0 Å². The molecule has 0 heterocycles. The molecule has 4 N–H and O–H groups in total. The third-order valence-corrected chi connectivity index (χ3v) is 7.76. The molecule has 3 aromatic carbocycles. The molecule has 4 rings (SSSR count). The Morgan fingerprint density at radius 3 is 2.40 bits per heavy atom. The van der Waals surface area contributed by atoms with Crippen molar-refractivity contribution in [2.24, 2.45) is 0 Å². The molecule has 1 aliphatic carbocycles. The first-order chi connectivity index (χ1) is 16.7. The van der Waals surface area contributed by atoms with Crippen LogP contribution in [0.15, 0.2) is 83.8 Å². The zero-order chi connectivity index (χ0) is 25.0. The topological polar surface area (TPSA) is 98.7 Å². The van der Waals surface area contributed by atoms with E-state index in [0.717, 1.165) is 16.7 Å². The molecule has 0 aliphatic heterocycles. The summed E-state index contributed by atoms with van der Waals surface area (Å²) in [6, 6.07) is 21.3. The average molecular weight is 493 g/mol. The lowest BCUT2D eigenvalue weighted by atomic mass is 9.86. The smallest absolute Gasteiger partial charge is 0.241 e. The summed E-state index contributed by atoms with van der Waals surface area (Å²) in [5.74, 6) is 0.301. The molecular weight excluding hydrogens is 460 g/mol. The van der Waals surface area contributed by atoms with Gasteiger partial charge in [-0.25, -0.2) is 13.1 Å². The monoisotopic (exact) mass is 492 g/mol. The van der Waals surface area contributed by atoms with Crippen LogP contribution >= 0.6 is 0 Å². The summed E-state index contributed by atoms with van der Waals surface area (Å²) in [5.41, 5.74) is 4.34. The first-order valence-electron chi connectivity index (χ1n) is 11.8. The maximum atomic E-state index is 13.1. The third-order valence-electron chi connectivity index (χ3n) is 6.30. The van der Waals surface area contributed by atoms with Gasteiger partial charge >= 0.3 is 0 Å². The number of benzene rings is 3. The van der Waals surface area contributed by atoms with E-state index in [0.29, 0.717) is 30.0 Å². The van der Waals surface area contributed by atoms with Crippen molar-refractivity contribution in [1.82, 2.24) is 4.72 Å². The number of rotatable bonds is 8. The van der Waals surface area contributed by atoms with E-state index in [1.807, 2.05) is 60.7 Å². The van der Waals surface area contributed by atoms with Crippen molar-refractivity contribution in [2.75, 3.05) is 5.32 Å². The fourth-order valence-corrected chi connectivity index (χ4v) is 5.52. The number of fused-ring (bicyclic) bond motifs is 1. The number of nitrogens with one attached hydrogen (secondary N) is 2. The predicted octanol–water partition coefficient (Wildman–Crippen LogP) is 4.58. The zero-order valence-corrected chi connectivity index (χ0v) is 20.7. The Balaban J connectivity index is 1.53. The Kier molecular flexibility index (Phi) is 7.72. The molecular formula is C28H32N2O4S. The molecule has 1 aliphatic rings. The van der Waals surface area contributed by atoms with Gasteiger partial charge in [0.15, 0.2) is 0 Å². The normalized spacial score (nSPS) is 19.0. The highest BCUT2D eigenvalue weighted by Crippen LogP contribution is 2.33. The lowest BCUT2D eigenvalue weighted by Crippen LogP contribution is -2.39. The molecule has 0 saturated heterocycles. The van der Waals surface area contributed by atoms with Crippen molar-refractivity contribution in [3.63, 3.8) is 0 Å². The quantitative estimate of drug-likeness (QED) is 0.345. The maximum absolute atomic E-state index is 13.1. The van der Waals surface area contributed by atoms with Crippen LogP contribution in [0, 0.1) is 0 Å². The van der Waals surface area contributed by atoms with Crippen molar-refractivity contribution in [2.45, 2.75) is 55.9 Å². The molecule has 6 nitrogen and oxygen atoms in total. The van der Waals surface area contributed by atoms with Crippen LogP contribution in [0.4, 0.5) is 5.69 Å². The van der Waals surface area contributed by atoms with E-state index < -0.39 is 28.4 Å². The van der Waals surface area contributed by atoms with E-state index in [9.17, 15) is 18.6 Å². The first-order valence-corrected chi connectivity index (χ1v) is 13.3. The molecule has 0 aromatic heterocycles. The summed E-state index contributed by atoms with van der Waals surface area (Å²) >= 11 is 0. The van der Waals surface area contributed by atoms with Gasteiger partial charge < -0.3 is 15.5 Å². The summed E-state index contributed by atoms with van der Waals surface area (Å²) in [6.45, 7) is 4.11. The van der Waals surface area contributed by atoms with Gasteiger partial charge in [-0.2, -0.15) is 0 Å². The fraction of sp³-hybridized carbons (Fsp3) is 0.286. The highest BCUT2D eigenvalue weighted by atomic mass is 32.2. The van der Waals surface area contributed by atoms with Crippen LogP contribution in [0.3, 0.4) is 0 Å². The van der Waals surface area contributed by atoms with E-state index in [1.54, 1.807) is 24.3 Å². The van der Waals surface area contributed by atoms with Crippen molar-refractivity contribution in [3.05, 3.63) is 101 Å². The predicted molar refractivity (Wildman–Crippen MR) is 139 cm³/mol. The maximum Gasteiger partial charge on any atom is 0.241 e. The first kappa shape index (κ1) is 25.1. The van der Waals surface area contributed by atoms with Crippen molar-refractivity contribution < 1.29 is 18.6 Å². The minimum Gasteiger partial charge on any atom is -0.391 e. The molecule has 0 saturated carbocycles. The summed E-state index contributed by atoms with van der Waals surface area (Å²) in [4.78, 5) is 0.164. The molecule has 7 heteroatoms. The van der Waals surface area contributed by atoms with Crippen LogP contribution in [0.5, 0.6) is 0 Å². The molecule has 2 unspecified atom stereocenters. The van der Waals surface area contributed by atoms with Gasteiger partial charge in [0, 0.05) is 5.69 Å². The van der Waals surface area contributed by atoms with Crippen molar-refractivity contribution in [1.29, 1.82) is 0 Å². The van der Waals surface area contributed by atoms with Crippen LogP contribution in [0.2, 0.25) is 0 Å². The highest BCUT2D eigenvalue weighted by Gasteiger charge is 2.32. The second-order valence-electron chi connectivity index (χ2n) is 9.20. The lowest BCUT2D eigenvalue weighted by molar-refractivity contribution is 0.121. The summed E-state index contributed by atoms with van der Waals surface area (Å²) < 4.78 is 29.0. The van der Waals surface area contributed by atoms with Gasteiger partial charge in [0.25, 0.3) is 0 Å². The van der Waals surface area contributed by atoms with E-state index in [4.69, 9.17) is 0 Å². The van der Waals surface area contributed by atoms with Crippen molar-refractivity contribution >= 4 is 21.8 Å². The molecule has 184 valence electrons. The number of hydrogen-bond acceptors (Lipinski definition) is 5. The standard InChI is InChI=1S/C28H32N2O4S/c1-19(2)21-10-14-24(15-11-21)35(33,34)30-28-25-18-23(13-9-22(25)12-16-26(28)31)29-27(32)17-8-20-6-4-3-5-7-20/h3-11,13-15,17-19,26-32H,12,16H2,1-2H3/b17-8+/t26-,27?,28?/m1/s1. The van der Waals surface area contributed by atoms with E-state index >= 15 is 0 Å². The van der Waals surface area contributed by atoms with Gasteiger partial charge in [-0.05, 0) is 71.4 Å². The van der Waals surface area contributed by atoms with Crippen molar-refractivity contribution in [3.8, 4) is 0 Å².